The Balaban J connectivity index is 0.991. The van der Waals surface area contributed by atoms with Crippen LogP contribution in [0.25, 0.3) is 17.1 Å². The minimum atomic E-state index is -0.592. The quantitative estimate of drug-likeness (QED) is 0.246. The van der Waals surface area contributed by atoms with Crippen molar-refractivity contribution in [2.24, 2.45) is 0 Å². The van der Waals surface area contributed by atoms with Crippen LogP contribution in [0.5, 0.6) is 0 Å². The van der Waals surface area contributed by atoms with E-state index in [0.29, 0.717) is 43.0 Å². The third-order valence-corrected chi connectivity index (χ3v) is 9.34. The largest absolute Gasteiger partial charge is 0.330 e. The number of anilines is 1. The Labute approximate surface area is 288 Å². The molecule has 2 saturated heterocycles. The summed E-state index contributed by atoms with van der Waals surface area (Å²) in [6.07, 6.45) is 7.77. The second-order valence-electron chi connectivity index (χ2n) is 12.7. The number of imidazole rings is 1. The average molecular weight is 672 g/mol. The Morgan fingerprint density at radius 3 is 1.84 bits per heavy atom. The van der Waals surface area contributed by atoms with Gasteiger partial charge in [-0.2, -0.15) is 0 Å². The van der Waals surface area contributed by atoms with E-state index in [-0.39, 0.29) is 47.7 Å². The average Bonchev–Trinajstić information content (AvgIpc) is 3.89. The number of carbonyl (C=O) groups excluding carboxylic acids is 4. The van der Waals surface area contributed by atoms with E-state index in [9.17, 15) is 24.0 Å². The highest BCUT2D eigenvalue weighted by Crippen LogP contribution is 2.24. The van der Waals surface area contributed by atoms with Gasteiger partial charge in [0.15, 0.2) is 5.82 Å². The number of aromatic nitrogens is 3. The number of carbonyl (C=O) groups is 4. The van der Waals surface area contributed by atoms with Gasteiger partial charge >= 0.3 is 0 Å². The van der Waals surface area contributed by atoms with Crippen LogP contribution in [0.2, 0.25) is 0 Å². The maximum atomic E-state index is 13.3. The number of fused-ring (bicyclic) bond motifs is 1. The van der Waals surface area contributed by atoms with E-state index < -0.39 is 12.1 Å². The maximum Gasteiger partial charge on any atom is 0.282 e. The monoisotopic (exact) mass is 671 g/mol. The molecular weight excluding hydrogens is 634 g/mol. The van der Waals surface area contributed by atoms with Crippen LogP contribution < -0.4 is 16.3 Å². The van der Waals surface area contributed by atoms with Gasteiger partial charge in [0.05, 0.1) is 19.0 Å². The Bertz CT molecular complexity index is 2040. The zero-order valence-corrected chi connectivity index (χ0v) is 27.4. The molecule has 12 heteroatoms. The van der Waals surface area contributed by atoms with Crippen molar-refractivity contribution in [3.05, 3.63) is 125 Å². The summed E-state index contributed by atoms with van der Waals surface area (Å²) in [4.78, 5) is 73.6. The molecule has 3 aromatic carbocycles. The van der Waals surface area contributed by atoms with Gasteiger partial charge in [-0.05, 0) is 48.9 Å². The van der Waals surface area contributed by atoms with E-state index in [1.807, 2.05) is 60.7 Å². The van der Waals surface area contributed by atoms with Crippen LogP contribution in [0.3, 0.4) is 0 Å². The van der Waals surface area contributed by atoms with E-state index in [0.717, 1.165) is 24.0 Å². The third-order valence-electron chi connectivity index (χ3n) is 9.34. The summed E-state index contributed by atoms with van der Waals surface area (Å²) in [5.41, 5.74) is 5.62. The summed E-state index contributed by atoms with van der Waals surface area (Å²) in [5.74, 6) is -0.402. The molecule has 2 fully saturated rings. The zero-order valence-electron chi connectivity index (χ0n) is 27.4. The number of benzene rings is 3. The molecule has 0 radical (unpaired) electrons. The van der Waals surface area contributed by atoms with Crippen molar-refractivity contribution in [3.8, 4) is 17.1 Å². The van der Waals surface area contributed by atoms with Gasteiger partial charge in [0.25, 0.3) is 11.5 Å². The molecule has 4 aliphatic rings. The molecule has 0 aliphatic carbocycles. The number of hydrogen-bond donors (Lipinski definition) is 2. The Kier molecular flexibility index (Phi) is 9.24. The zero-order chi connectivity index (χ0) is 34.6. The SMILES string of the molecule is O=C(Nc1ccc(-c2nc3cn(NC(=O)[C@@H]4CCCN4C(=O)Cc4ccccc4)ccn-3c2=O)cc1)[C@@H]1CCCN1C(=O)Cc1ccccc1. The lowest BCUT2D eigenvalue weighted by atomic mass is 10.1. The van der Waals surface area contributed by atoms with Crippen LogP contribution >= 0.6 is 0 Å². The van der Waals surface area contributed by atoms with Crippen molar-refractivity contribution in [2.45, 2.75) is 50.6 Å². The first-order valence-electron chi connectivity index (χ1n) is 16.8. The second kappa shape index (κ2) is 14.2. The highest BCUT2D eigenvalue weighted by molar-refractivity contribution is 5.98. The first kappa shape index (κ1) is 32.5. The summed E-state index contributed by atoms with van der Waals surface area (Å²) in [7, 11) is 0. The standard InChI is InChI=1S/C38H37N7O5/c46-33(23-26-9-3-1-4-10-26)43-19-7-13-30(43)36(48)39-29-17-15-28(16-18-29)35-38(50)45-22-21-42(25-32(45)40-35)41-37(49)31-14-8-20-44(31)34(47)24-27-11-5-2-6-12-27/h1-6,9-12,15-18,21-22,25,30-31H,7-8,13-14,19-20,23-24H2,(H,39,48)(H,41,49)/t30-,31-/m0/s1. The van der Waals surface area contributed by atoms with Crippen molar-refractivity contribution in [1.29, 1.82) is 0 Å². The van der Waals surface area contributed by atoms with Crippen molar-refractivity contribution in [2.75, 3.05) is 23.8 Å². The lowest BCUT2D eigenvalue weighted by molar-refractivity contribution is -0.136. The first-order chi connectivity index (χ1) is 24.3. The summed E-state index contributed by atoms with van der Waals surface area (Å²) >= 11 is 0. The van der Waals surface area contributed by atoms with E-state index >= 15 is 0 Å². The van der Waals surface area contributed by atoms with Crippen LogP contribution in [0.15, 0.2) is 108 Å². The molecular formula is C38H37N7O5. The van der Waals surface area contributed by atoms with Crippen molar-refractivity contribution in [1.82, 2.24) is 24.0 Å². The van der Waals surface area contributed by atoms with E-state index in [1.54, 1.807) is 46.5 Å². The van der Waals surface area contributed by atoms with Gasteiger partial charge in [-0.3, -0.25) is 38.6 Å². The molecule has 3 aromatic rings. The van der Waals surface area contributed by atoms with Crippen LogP contribution in [-0.4, -0.2) is 72.8 Å². The van der Waals surface area contributed by atoms with Gasteiger partial charge in [-0.15, -0.1) is 0 Å². The van der Waals surface area contributed by atoms with Crippen LogP contribution in [0.1, 0.15) is 36.8 Å². The molecule has 2 N–H and O–H groups in total. The highest BCUT2D eigenvalue weighted by Gasteiger charge is 2.35. The molecule has 4 amide bonds. The summed E-state index contributed by atoms with van der Waals surface area (Å²) in [6.45, 7) is 1.06. The minimum Gasteiger partial charge on any atom is -0.330 e. The fraction of sp³-hybridized carbons (Fsp3) is 0.263. The minimum absolute atomic E-state index is 0.0747. The summed E-state index contributed by atoms with van der Waals surface area (Å²) in [5, 5.41) is 2.92. The number of nitrogens with one attached hydrogen (secondary N) is 2. The van der Waals surface area contributed by atoms with Crippen molar-refractivity contribution < 1.29 is 19.2 Å². The highest BCUT2D eigenvalue weighted by atomic mass is 16.2. The summed E-state index contributed by atoms with van der Waals surface area (Å²) in [6, 6.07) is 24.6. The Morgan fingerprint density at radius 2 is 1.26 bits per heavy atom. The van der Waals surface area contributed by atoms with E-state index in [4.69, 9.17) is 0 Å². The maximum absolute atomic E-state index is 13.3. The molecule has 4 heterocycles. The molecule has 12 nitrogen and oxygen atoms in total. The number of rotatable bonds is 9. The Hall–Kier alpha value is -6.04. The van der Waals surface area contributed by atoms with Crippen molar-refractivity contribution >= 4 is 29.3 Å². The number of amides is 4. The third kappa shape index (κ3) is 6.91. The number of nitrogens with zero attached hydrogens (tertiary/aromatic N) is 5. The fourth-order valence-electron chi connectivity index (χ4n) is 6.79. The normalized spacial score (nSPS) is 17.2. The molecule has 0 spiro atoms. The second-order valence-corrected chi connectivity index (χ2v) is 12.7. The Morgan fingerprint density at radius 1 is 0.700 bits per heavy atom. The van der Waals surface area contributed by atoms with Crippen LogP contribution in [0, 0.1) is 0 Å². The number of likely N-dealkylation sites (tertiary alicyclic amines) is 2. The fourth-order valence-corrected chi connectivity index (χ4v) is 6.79. The first-order valence-corrected chi connectivity index (χ1v) is 16.8. The predicted molar refractivity (Wildman–Crippen MR) is 187 cm³/mol. The van der Waals surface area contributed by atoms with Crippen LogP contribution in [-0.2, 0) is 32.0 Å². The van der Waals surface area contributed by atoms with Gasteiger partial charge in [-0.25, -0.2) is 4.98 Å². The lowest BCUT2D eigenvalue weighted by Crippen LogP contribution is -2.45. The van der Waals surface area contributed by atoms with E-state index in [1.165, 1.54) is 15.4 Å². The molecule has 2 atom stereocenters. The lowest BCUT2D eigenvalue weighted by Gasteiger charge is -2.24. The molecule has 0 unspecified atom stereocenters. The smallest absolute Gasteiger partial charge is 0.282 e. The van der Waals surface area contributed by atoms with Crippen molar-refractivity contribution in [3.63, 3.8) is 0 Å². The molecule has 7 rings (SSSR count). The molecule has 0 bridgehead atoms. The van der Waals surface area contributed by atoms with Gasteiger partial charge in [0.1, 0.15) is 17.8 Å². The molecule has 50 heavy (non-hydrogen) atoms. The van der Waals surface area contributed by atoms with Gasteiger partial charge in [0.2, 0.25) is 17.7 Å². The predicted octanol–water partition coefficient (Wildman–Crippen LogP) is 3.61. The van der Waals surface area contributed by atoms with Gasteiger partial charge in [0, 0.05) is 36.7 Å². The van der Waals surface area contributed by atoms with Gasteiger partial charge in [-0.1, -0.05) is 72.8 Å². The number of hydrogen-bond acceptors (Lipinski definition) is 6. The molecule has 4 aliphatic heterocycles. The topological polar surface area (TPSA) is 139 Å². The molecule has 0 saturated carbocycles. The summed E-state index contributed by atoms with van der Waals surface area (Å²) < 4.78 is 2.83. The van der Waals surface area contributed by atoms with Gasteiger partial charge < -0.3 is 15.1 Å². The molecule has 254 valence electrons. The van der Waals surface area contributed by atoms with Crippen LogP contribution in [0.4, 0.5) is 5.69 Å². The molecule has 0 aromatic heterocycles. The van der Waals surface area contributed by atoms with E-state index in [2.05, 4.69) is 15.7 Å².